The molecule has 1 unspecified atom stereocenters. The molecule has 0 saturated carbocycles. The van der Waals surface area contributed by atoms with Crippen LogP contribution in [-0.4, -0.2) is 23.8 Å². The number of para-hydroxylation sites is 1. The number of hydrogen-bond donors (Lipinski definition) is 1. The molecule has 0 heterocycles. The molecule has 0 fully saturated rings. The van der Waals surface area contributed by atoms with Crippen LogP contribution in [0.15, 0.2) is 59.7 Å². The molecule has 0 spiro atoms. The van der Waals surface area contributed by atoms with Gasteiger partial charge in [-0.3, -0.25) is 14.4 Å². The van der Waals surface area contributed by atoms with Gasteiger partial charge in [-0.1, -0.05) is 30.3 Å². The summed E-state index contributed by atoms with van der Waals surface area (Å²) in [6, 6.07) is 15.7. The maximum Gasteiger partial charge on any atom is 0.234 e. The topological polar surface area (TPSA) is 78.8 Å². The third-order valence-corrected chi connectivity index (χ3v) is 3.94. The summed E-state index contributed by atoms with van der Waals surface area (Å²) in [5.74, 6) is -0.899. The maximum absolute atomic E-state index is 12.5. The molecule has 1 atom stereocenters. The number of nitrogens with one attached hydrogen (secondary N) is 1. The highest BCUT2D eigenvalue weighted by atomic mass is 16.2. The summed E-state index contributed by atoms with van der Waals surface area (Å²) in [7, 11) is 0. The molecule has 6 heteroatoms. The number of benzene rings is 2. The Bertz CT molecular complexity index is 831. The summed E-state index contributed by atoms with van der Waals surface area (Å²) < 4.78 is 0. The van der Waals surface area contributed by atoms with E-state index in [1.807, 2.05) is 6.07 Å². The van der Waals surface area contributed by atoms with Crippen LogP contribution in [-0.2, 0) is 9.59 Å². The number of nitrogens with zero attached hydrogens (tertiary/aromatic N) is 2. The van der Waals surface area contributed by atoms with Gasteiger partial charge in [0.25, 0.3) is 0 Å². The molecule has 0 aromatic heterocycles. The van der Waals surface area contributed by atoms with Crippen LogP contribution in [0.4, 0.5) is 11.4 Å². The first-order valence-electron chi connectivity index (χ1n) is 8.19. The predicted octanol–water partition coefficient (Wildman–Crippen LogP) is 3.50. The Balaban J connectivity index is 2.12. The molecule has 0 aliphatic rings. The van der Waals surface area contributed by atoms with Crippen molar-refractivity contribution in [3.8, 4) is 0 Å². The Kier molecular flexibility index (Phi) is 6.38. The minimum Gasteiger partial charge on any atom is -0.326 e. The van der Waals surface area contributed by atoms with Crippen molar-refractivity contribution in [3.63, 3.8) is 0 Å². The van der Waals surface area contributed by atoms with Crippen molar-refractivity contribution in [2.45, 2.75) is 20.8 Å². The highest BCUT2D eigenvalue weighted by Crippen LogP contribution is 2.15. The molecule has 0 aliphatic carbocycles. The Morgan fingerprint density at radius 2 is 1.77 bits per heavy atom. The largest absolute Gasteiger partial charge is 0.326 e. The first-order chi connectivity index (χ1) is 12.4. The fourth-order valence-electron chi connectivity index (χ4n) is 2.24. The van der Waals surface area contributed by atoms with Crippen molar-refractivity contribution in [2.24, 2.45) is 11.0 Å². The van der Waals surface area contributed by atoms with Crippen molar-refractivity contribution >= 4 is 35.2 Å². The Labute approximate surface area is 152 Å². The Morgan fingerprint density at radius 1 is 1.08 bits per heavy atom. The van der Waals surface area contributed by atoms with Crippen molar-refractivity contribution in [1.82, 2.24) is 0 Å². The highest BCUT2D eigenvalue weighted by molar-refractivity contribution is 6.09. The van der Waals surface area contributed by atoms with E-state index in [0.29, 0.717) is 29.1 Å². The van der Waals surface area contributed by atoms with Gasteiger partial charge in [-0.05, 0) is 45.0 Å². The van der Waals surface area contributed by atoms with Gasteiger partial charge in [0.15, 0.2) is 5.78 Å². The third-order valence-electron chi connectivity index (χ3n) is 3.94. The lowest BCUT2D eigenvalue weighted by molar-refractivity contribution is -0.117. The van der Waals surface area contributed by atoms with Gasteiger partial charge >= 0.3 is 0 Å². The molecule has 1 N–H and O–H groups in total. The molecule has 26 heavy (non-hydrogen) atoms. The van der Waals surface area contributed by atoms with Gasteiger partial charge in [-0.25, -0.2) is 5.01 Å². The number of hydrogen-bond acceptors (Lipinski definition) is 4. The van der Waals surface area contributed by atoms with Crippen LogP contribution in [0.1, 0.15) is 31.1 Å². The zero-order valence-electron chi connectivity index (χ0n) is 15.0. The maximum atomic E-state index is 12.5. The van der Waals surface area contributed by atoms with Crippen LogP contribution in [0, 0.1) is 5.92 Å². The van der Waals surface area contributed by atoms with Crippen molar-refractivity contribution in [1.29, 1.82) is 0 Å². The SMILES string of the molecule is CC(=O)c1cccc(NC(=O)C(C)/C(C)=N\N(C=O)c2ccccc2)c1. The van der Waals surface area contributed by atoms with Crippen molar-refractivity contribution in [3.05, 3.63) is 60.2 Å². The first kappa shape index (κ1) is 19.1. The van der Waals surface area contributed by atoms with Crippen molar-refractivity contribution < 1.29 is 14.4 Å². The zero-order valence-corrected chi connectivity index (χ0v) is 15.0. The number of anilines is 2. The second-order valence-corrected chi connectivity index (χ2v) is 5.87. The predicted molar refractivity (Wildman–Crippen MR) is 102 cm³/mol. The molecule has 2 aromatic carbocycles. The molecule has 2 aromatic rings. The molecule has 0 aliphatic heterocycles. The number of Topliss-reactive ketones (excluding diaryl/α,β-unsaturated/α-hetero) is 1. The molecule has 2 rings (SSSR count). The summed E-state index contributed by atoms with van der Waals surface area (Å²) in [5, 5.41) is 8.20. The zero-order chi connectivity index (χ0) is 19.1. The lowest BCUT2D eigenvalue weighted by atomic mass is 10.1. The molecular weight excluding hydrogens is 330 g/mol. The highest BCUT2D eigenvalue weighted by Gasteiger charge is 2.18. The Morgan fingerprint density at radius 3 is 2.38 bits per heavy atom. The van der Waals surface area contributed by atoms with Crippen LogP contribution in [0.2, 0.25) is 0 Å². The average molecular weight is 351 g/mol. The van der Waals surface area contributed by atoms with E-state index in [9.17, 15) is 14.4 Å². The van der Waals surface area contributed by atoms with E-state index in [4.69, 9.17) is 0 Å². The van der Waals surface area contributed by atoms with E-state index in [-0.39, 0.29) is 11.7 Å². The number of ketones is 1. The van der Waals surface area contributed by atoms with Crippen LogP contribution in [0.5, 0.6) is 0 Å². The van der Waals surface area contributed by atoms with Gasteiger partial charge in [0.2, 0.25) is 12.3 Å². The van der Waals surface area contributed by atoms with Crippen LogP contribution in [0.3, 0.4) is 0 Å². The number of rotatable bonds is 7. The molecule has 0 radical (unpaired) electrons. The minimum absolute atomic E-state index is 0.0728. The standard InChI is InChI=1S/C20H21N3O3/c1-14(15(2)22-23(13-24)19-10-5-4-6-11-19)20(26)21-18-9-7-8-17(12-18)16(3)25/h4-14H,1-3H3,(H,21,26)/b22-15-. The smallest absolute Gasteiger partial charge is 0.234 e. The molecule has 6 nitrogen and oxygen atoms in total. The van der Waals surface area contributed by atoms with Gasteiger partial charge in [0.1, 0.15) is 0 Å². The van der Waals surface area contributed by atoms with Gasteiger partial charge in [-0.15, -0.1) is 0 Å². The third kappa shape index (κ3) is 4.86. The second kappa shape index (κ2) is 8.71. The summed E-state index contributed by atoms with van der Waals surface area (Å²) in [6.45, 7) is 4.87. The molecule has 0 saturated heterocycles. The van der Waals surface area contributed by atoms with Gasteiger partial charge < -0.3 is 5.32 Å². The Hall–Kier alpha value is -3.28. The van der Waals surface area contributed by atoms with E-state index in [1.165, 1.54) is 11.9 Å². The fourth-order valence-corrected chi connectivity index (χ4v) is 2.24. The average Bonchev–Trinajstić information content (AvgIpc) is 2.66. The van der Waals surface area contributed by atoms with E-state index in [0.717, 1.165) is 0 Å². The molecule has 134 valence electrons. The van der Waals surface area contributed by atoms with Crippen LogP contribution in [0.25, 0.3) is 0 Å². The van der Waals surface area contributed by atoms with E-state index < -0.39 is 5.92 Å². The number of carbonyl (C=O) groups excluding carboxylic acids is 3. The molecular formula is C20H21N3O3. The van der Waals surface area contributed by atoms with Gasteiger partial charge in [0.05, 0.1) is 11.6 Å². The second-order valence-electron chi connectivity index (χ2n) is 5.87. The fraction of sp³-hybridized carbons (Fsp3) is 0.200. The number of amides is 2. The van der Waals surface area contributed by atoms with E-state index >= 15 is 0 Å². The van der Waals surface area contributed by atoms with E-state index in [2.05, 4.69) is 10.4 Å². The van der Waals surface area contributed by atoms with Crippen LogP contribution < -0.4 is 10.3 Å². The number of carbonyl (C=O) groups is 3. The summed E-state index contributed by atoms with van der Waals surface area (Å²) >= 11 is 0. The summed E-state index contributed by atoms with van der Waals surface area (Å²) in [5.41, 5.74) is 2.17. The minimum atomic E-state index is -0.554. The molecule has 0 bridgehead atoms. The normalized spacial score (nSPS) is 12.2. The lowest BCUT2D eigenvalue weighted by Gasteiger charge is -2.16. The van der Waals surface area contributed by atoms with E-state index in [1.54, 1.807) is 62.4 Å². The van der Waals surface area contributed by atoms with Gasteiger partial charge in [0, 0.05) is 17.0 Å². The summed E-state index contributed by atoms with van der Waals surface area (Å²) in [4.78, 5) is 35.2. The monoisotopic (exact) mass is 351 g/mol. The van der Waals surface area contributed by atoms with Crippen molar-refractivity contribution in [2.75, 3.05) is 10.3 Å². The summed E-state index contributed by atoms with van der Waals surface area (Å²) in [6.07, 6.45) is 0.597. The van der Waals surface area contributed by atoms with Gasteiger partial charge in [-0.2, -0.15) is 5.10 Å². The quantitative estimate of drug-likeness (QED) is 0.359. The lowest BCUT2D eigenvalue weighted by Crippen LogP contribution is -2.28. The molecule has 2 amide bonds. The number of hydrazone groups is 1. The first-order valence-corrected chi connectivity index (χ1v) is 8.19. The van der Waals surface area contributed by atoms with Crippen LogP contribution >= 0.6 is 0 Å².